The van der Waals surface area contributed by atoms with Crippen LogP contribution in [0.4, 0.5) is 0 Å². The lowest BCUT2D eigenvalue weighted by atomic mass is 9.90. The highest BCUT2D eigenvalue weighted by Crippen LogP contribution is 2.28. The summed E-state index contributed by atoms with van der Waals surface area (Å²) >= 11 is 0. The highest BCUT2D eigenvalue weighted by atomic mass is 16.5. The fraction of sp³-hybridized carbons (Fsp3) is 1.00. The SMILES string of the molecule is NCCCCN1CCOC2CCCCC21. The van der Waals surface area contributed by atoms with E-state index < -0.39 is 0 Å². The van der Waals surface area contributed by atoms with Gasteiger partial charge >= 0.3 is 0 Å². The molecule has 2 fully saturated rings. The highest BCUT2D eigenvalue weighted by molar-refractivity contribution is 4.87. The van der Waals surface area contributed by atoms with Crippen molar-refractivity contribution in [1.29, 1.82) is 0 Å². The first-order valence-electron chi connectivity index (χ1n) is 6.47. The number of unbranched alkanes of at least 4 members (excludes halogenated alkanes) is 1. The minimum Gasteiger partial charge on any atom is -0.375 e. The number of rotatable bonds is 4. The zero-order valence-electron chi connectivity index (χ0n) is 9.66. The quantitative estimate of drug-likeness (QED) is 0.715. The number of morpholine rings is 1. The molecule has 88 valence electrons. The molecular weight excluding hydrogens is 188 g/mol. The van der Waals surface area contributed by atoms with E-state index in [9.17, 15) is 0 Å². The van der Waals surface area contributed by atoms with Gasteiger partial charge in [-0.2, -0.15) is 0 Å². The second-order valence-corrected chi connectivity index (χ2v) is 4.79. The average Bonchev–Trinajstić information content (AvgIpc) is 2.30. The van der Waals surface area contributed by atoms with Gasteiger partial charge in [-0.05, 0) is 38.8 Å². The van der Waals surface area contributed by atoms with Gasteiger partial charge in [0, 0.05) is 12.6 Å². The molecule has 0 aromatic carbocycles. The number of ether oxygens (including phenoxy) is 1. The van der Waals surface area contributed by atoms with Crippen LogP contribution in [0.15, 0.2) is 0 Å². The predicted octanol–water partition coefficient (Wildman–Crippen LogP) is 1.37. The number of fused-ring (bicyclic) bond motifs is 1. The lowest BCUT2D eigenvalue weighted by molar-refractivity contribution is -0.0881. The molecule has 3 nitrogen and oxygen atoms in total. The van der Waals surface area contributed by atoms with Crippen molar-refractivity contribution in [3.8, 4) is 0 Å². The van der Waals surface area contributed by atoms with Gasteiger partial charge in [0.2, 0.25) is 0 Å². The van der Waals surface area contributed by atoms with Crippen molar-refractivity contribution in [1.82, 2.24) is 4.90 Å². The Hall–Kier alpha value is -0.120. The Morgan fingerprint density at radius 3 is 2.93 bits per heavy atom. The predicted molar refractivity (Wildman–Crippen MR) is 61.9 cm³/mol. The average molecular weight is 212 g/mol. The van der Waals surface area contributed by atoms with Crippen molar-refractivity contribution in [3.63, 3.8) is 0 Å². The summed E-state index contributed by atoms with van der Waals surface area (Å²) in [5.74, 6) is 0. The van der Waals surface area contributed by atoms with Crippen molar-refractivity contribution in [2.45, 2.75) is 50.7 Å². The van der Waals surface area contributed by atoms with Gasteiger partial charge in [-0.1, -0.05) is 12.8 Å². The number of nitrogens with zero attached hydrogens (tertiary/aromatic N) is 1. The fourth-order valence-corrected chi connectivity index (χ4v) is 2.91. The van der Waals surface area contributed by atoms with Gasteiger partial charge < -0.3 is 10.5 Å². The Morgan fingerprint density at radius 1 is 1.20 bits per heavy atom. The topological polar surface area (TPSA) is 38.5 Å². The van der Waals surface area contributed by atoms with E-state index in [1.165, 1.54) is 38.6 Å². The van der Waals surface area contributed by atoms with Crippen LogP contribution in [-0.4, -0.2) is 43.3 Å². The van der Waals surface area contributed by atoms with Gasteiger partial charge in [0.1, 0.15) is 0 Å². The molecule has 1 saturated heterocycles. The molecule has 0 aromatic rings. The molecule has 0 spiro atoms. The van der Waals surface area contributed by atoms with E-state index in [4.69, 9.17) is 10.5 Å². The first kappa shape index (κ1) is 11.4. The number of hydrogen-bond donors (Lipinski definition) is 1. The summed E-state index contributed by atoms with van der Waals surface area (Å²) in [6.45, 7) is 4.12. The molecule has 0 amide bonds. The highest BCUT2D eigenvalue weighted by Gasteiger charge is 2.33. The van der Waals surface area contributed by atoms with Crippen LogP contribution >= 0.6 is 0 Å². The first-order valence-corrected chi connectivity index (χ1v) is 6.47. The van der Waals surface area contributed by atoms with Gasteiger partial charge in [-0.3, -0.25) is 4.90 Å². The van der Waals surface area contributed by atoms with E-state index in [0.717, 1.165) is 26.1 Å². The van der Waals surface area contributed by atoms with E-state index in [-0.39, 0.29) is 0 Å². The van der Waals surface area contributed by atoms with Crippen molar-refractivity contribution < 1.29 is 4.74 Å². The molecule has 1 heterocycles. The Balaban J connectivity index is 1.81. The van der Waals surface area contributed by atoms with Crippen LogP contribution in [0.25, 0.3) is 0 Å². The Morgan fingerprint density at radius 2 is 2.07 bits per heavy atom. The van der Waals surface area contributed by atoms with Crippen LogP contribution in [0.3, 0.4) is 0 Å². The van der Waals surface area contributed by atoms with Gasteiger partial charge in [0.15, 0.2) is 0 Å². The van der Waals surface area contributed by atoms with Crippen molar-refractivity contribution in [3.05, 3.63) is 0 Å². The van der Waals surface area contributed by atoms with Crippen LogP contribution in [0.2, 0.25) is 0 Å². The van der Waals surface area contributed by atoms with Crippen LogP contribution in [0.5, 0.6) is 0 Å². The third-order valence-corrected chi connectivity index (χ3v) is 3.75. The Bertz CT molecular complexity index is 184. The Labute approximate surface area is 93.0 Å². The van der Waals surface area contributed by atoms with Crippen LogP contribution in [0, 0.1) is 0 Å². The summed E-state index contributed by atoms with van der Waals surface area (Å²) in [4.78, 5) is 2.64. The van der Waals surface area contributed by atoms with Crippen molar-refractivity contribution in [2.75, 3.05) is 26.2 Å². The van der Waals surface area contributed by atoms with E-state index in [2.05, 4.69) is 4.90 Å². The smallest absolute Gasteiger partial charge is 0.0730 e. The minimum atomic E-state index is 0.533. The first-order chi connectivity index (χ1) is 7.42. The maximum atomic E-state index is 5.85. The standard InChI is InChI=1S/C12H24N2O/c13-7-3-4-8-14-9-10-15-12-6-2-1-5-11(12)14/h11-12H,1-10,13H2. The molecule has 2 unspecified atom stereocenters. The lowest BCUT2D eigenvalue weighted by Crippen LogP contribution is -2.52. The molecule has 2 atom stereocenters. The van der Waals surface area contributed by atoms with E-state index >= 15 is 0 Å². The van der Waals surface area contributed by atoms with Crippen LogP contribution in [-0.2, 0) is 4.74 Å². The Kier molecular flexibility index (Phi) is 4.42. The summed E-state index contributed by atoms with van der Waals surface area (Å²) in [6.07, 6.45) is 8.31. The molecule has 0 bridgehead atoms. The van der Waals surface area contributed by atoms with Crippen LogP contribution < -0.4 is 5.73 Å². The van der Waals surface area contributed by atoms with E-state index in [1.54, 1.807) is 0 Å². The third kappa shape index (κ3) is 2.92. The normalized spacial score (nSPS) is 32.6. The number of hydrogen-bond acceptors (Lipinski definition) is 3. The summed E-state index contributed by atoms with van der Waals surface area (Å²) < 4.78 is 5.85. The maximum absolute atomic E-state index is 5.85. The summed E-state index contributed by atoms with van der Waals surface area (Å²) in [5.41, 5.74) is 5.53. The van der Waals surface area contributed by atoms with E-state index in [1.807, 2.05) is 0 Å². The zero-order chi connectivity index (χ0) is 10.5. The second kappa shape index (κ2) is 5.83. The fourth-order valence-electron chi connectivity index (χ4n) is 2.91. The van der Waals surface area contributed by atoms with E-state index in [0.29, 0.717) is 12.1 Å². The largest absolute Gasteiger partial charge is 0.375 e. The summed E-state index contributed by atoms with van der Waals surface area (Å²) in [6, 6.07) is 0.713. The number of nitrogens with two attached hydrogens (primary N) is 1. The molecule has 0 radical (unpaired) electrons. The monoisotopic (exact) mass is 212 g/mol. The molecule has 3 heteroatoms. The van der Waals surface area contributed by atoms with Crippen LogP contribution in [0.1, 0.15) is 38.5 Å². The maximum Gasteiger partial charge on any atom is 0.0730 e. The van der Waals surface area contributed by atoms with Gasteiger partial charge in [0.25, 0.3) is 0 Å². The van der Waals surface area contributed by atoms with Gasteiger partial charge in [-0.15, -0.1) is 0 Å². The summed E-state index contributed by atoms with van der Waals surface area (Å²) in [7, 11) is 0. The van der Waals surface area contributed by atoms with Gasteiger partial charge in [-0.25, -0.2) is 0 Å². The molecule has 2 rings (SSSR count). The summed E-state index contributed by atoms with van der Waals surface area (Å²) in [5, 5.41) is 0. The molecule has 15 heavy (non-hydrogen) atoms. The molecule has 2 aliphatic rings. The van der Waals surface area contributed by atoms with Gasteiger partial charge in [0.05, 0.1) is 12.7 Å². The molecule has 1 aliphatic carbocycles. The zero-order valence-corrected chi connectivity index (χ0v) is 9.66. The minimum absolute atomic E-state index is 0.533. The second-order valence-electron chi connectivity index (χ2n) is 4.79. The molecular formula is C12H24N2O. The van der Waals surface area contributed by atoms with Crippen molar-refractivity contribution >= 4 is 0 Å². The molecule has 0 aromatic heterocycles. The molecule has 2 N–H and O–H groups in total. The molecule has 1 saturated carbocycles. The van der Waals surface area contributed by atoms with Crippen molar-refractivity contribution in [2.24, 2.45) is 5.73 Å². The lowest BCUT2D eigenvalue weighted by Gasteiger charge is -2.43. The third-order valence-electron chi connectivity index (χ3n) is 3.75. The molecule has 1 aliphatic heterocycles.